The first-order valence-corrected chi connectivity index (χ1v) is 10.0. The number of hydrogen-bond donors (Lipinski definition) is 0. The van der Waals surface area contributed by atoms with Crippen molar-refractivity contribution in [3.05, 3.63) is 53.6 Å². The quantitative estimate of drug-likeness (QED) is 0.705. The Morgan fingerprint density at radius 1 is 1.00 bits per heavy atom. The van der Waals surface area contributed by atoms with Crippen molar-refractivity contribution in [3.8, 4) is 17.2 Å². The van der Waals surface area contributed by atoms with E-state index in [0.717, 1.165) is 32.5 Å². The van der Waals surface area contributed by atoms with Crippen LogP contribution in [-0.2, 0) is 0 Å². The van der Waals surface area contributed by atoms with Gasteiger partial charge in [0.2, 0.25) is 5.75 Å². The summed E-state index contributed by atoms with van der Waals surface area (Å²) in [6, 6.07) is 3.43. The molecule has 0 radical (unpaired) electrons. The molecule has 0 bridgehead atoms. The second kappa shape index (κ2) is 10.2. The highest BCUT2D eigenvalue weighted by atomic mass is 16.5. The molecular weight excluding hydrogens is 368 g/mol. The molecule has 0 N–H and O–H groups in total. The Hall–Kier alpha value is -2.73. The summed E-state index contributed by atoms with van der Waals surface area (Å²) in [5.74, 6) is 1.46. The predicted octanol–water partition coefficient (Wildman–Crippen LogP) is 3.30. The number of rotatable bonds is 7. The van der Waals surface area contributed by atoms with Crippen LogP contribution in [0.3, 0.4) is 0 Å². The molecule has 0 unspecified atom stereocenters. The van der Waals surface area contributed by atoms with E-state index >= 15 is 0 Å². The monoisotopic (exact) mass is 398 g/mol. The summed E-state index contributed by atoms with van der Waals surface area (Å²) in [7, 11) is 4.66. The molecule has 1 aliphatic heterocycles. The van der Waals surface area contributed by atoms with Gasteiger partial charge in [0, 0.05) is 38.3 Å². The molecule has 29 heavy (non-hydrogen) atoms. The van der Waals surface area contributed by atoms with E-state index in [1.165, 1.54) is 5.57 Å². The van der Waals surface area contributed by atoms with E-state index in [9.17, 15) is 4.79 Å². The van der Waals surface area contributed by atoms with Crippen LogP contribution in [0.2, 0.25) is 0 Å². The van der Waals surface area contributed by atoms with Crippen molar-refractivity contribution in [1.29, 1.82) is 0 Å². The maximum Gasteiger partial charge on any atom is 0.254 e. The minimum Gasteiger partial charge on any atom is -0.493 e. The number of nitrogens with zero attached hydrogens (tertiary/aromatic N) is 2. The molecular formula is C23H30N2O4. The molecule has 3 rings (SSSR count). The maximum atomic E-state index is 13.0. The van der Waals surface area contributed by atoms with Gasteiger partial charge in [-0.3, -0.25) is 9.69 Å². The van der Waals surface area contributed by atoms with Gasteiger partial charge in [0.05, 0.1) is 21.3 Å². The largest absolute Gasteiger partial charge is 0.493 e. The van der Waals surface area contributed by atoms with Crippen LogP contribution in [0.25, 0.3) is 0 Å². The third-order valence-electron chi connectivity index (χ3n) is 5.27. The minimum absolute atomic E-state index is 0.0167. The van der Waals surface area contributed by atoms with Crippen molar-refractivity contribution in [1.82, 2.24) is 9.80 Å². The summed E-state index contributed by atoms with van der Waals surface area (Å²) in [5, 5.41) is 0. The first-order chi connectivity index (χ1) is 14.2. The highest BCUT2D eigenvalue weighted by Gasteiger charge is 2.24. The lowest BCUT2D eigenvalue weighted by molar-refractivity contribution is 0.0649. The lowest BCUT2D eigenvalue weighted by atomic mass is 10.1. The summed E-state index contributed by atoms with van der Waals surface area (Å²) >= 11 is 0. The summed E-state index contributed by atoms with van der Waals surface area (Å²) in [6.45, 7) is 4.01. The number of carbonyl (C=O) groups excluding carboxylic acids is 1. The van der Waals surface area contributed by atoms with Gasteiger partial charge in [0.15, 0.2) is 11.5 Å². The van der Waals surface area contributed by atoms with E-state index in [1.807, 2.05) is 4.90 Å². The Balaban J connectivity index is 1.58. The fourth-order valence-corrected chi connectivity index (χ4v) is 3.62. The molecule has 6 nitrogen and oxygen atoms in total. The molecule has 1 aromatic carbocycles. The Morgan fingerprint density at radius 2 is 1.69 bits per heavy atom. The first-order valence-electron chi connectivity index (χ1n) is 10.0. The fourth-order valence-electron chi connectivity index (χ4n) is 3.62. The molecule has 1 heterocycles. The average Bonchev–Trinajstić information content (AvgIpc) is 2.78. The van der Waals surface area contributed by atoms with Crippen LogP contribution in [0, 0.1) is 0 Å². The molecule has 156 valence electrons. The number of piperazine rings is 1. The zero-order valence-corrected chi connectivity index (χ0v) is 17.5. The zero-order valence-electron chi connectivity index (χ0n) is 17.5. The van der Waals surface area contributed by atoms with Gasteiger partial charge in [0.25, 0.3) is 5.91 Å². The fraction of sp³-hybridized carbons (Fsp3) is 0.435. The topological polar surface area (TPSA) is 51.2 Å². The van der Waals surface area contributed by atoms with E-state index in [2.05, 4.69) is 35.3 Å². The SMILES string of the molecule is COc1cc(C(=O)N2CCN(C/C=C/C3=CCCC=C3)CC2)cc(OC)c1OC. The number of ether oxygens (including phenoxy) is 3. The Kier molecular flexibility index (Phi) is 7.36. The molecule has 2 aliphatic rings. The van der Waals surface area contributed by atoms with E-state index < -0.39 is 0 Å². The molecule has 1 amide bonds. The normalized spacial score (nSPS) is 17.3. The third-order valence-corrected chi connectivity index (χ3v) is 5.27. The van der Waals surface area contributed by atoms with Crippen molar-refractivity contribution in [3.63, 3.8) is 0 Å². The molecule has 0 atom stereocenters. The number of allylic oxidation sites excluding steroid dienone is 5. The molecule has 0 saturated carbocycles. The molecule has 1 saturated heterocycles. The average molecular weight is 399 g/mol. The number of benzene rings is 1. The summed E-state index contributed by atoms with van der Waals surface area (Å²) < 4.78 is 16.1. The summed E-state index contributed by atoms with van der Waals surface area (Å²) in [4.78, 5) is 17.2. The van der Waals surface area contributed by atoms with Crippen molar-refractivity contribution < 1.29 is 19.0 Å². The van der Waals surface area contributed by atoms with Gasteiger partial charge < -0.3 is 19.1 Å². The summed E-state index contributed by atoms with van der Waals surface area (Å²) in [6.07, 6.45) is 13.3. The molecule has 6 heteroatoms. The van der Waals surface area contributed by atoms with E-state index in [0.29, 0.717) is 35.9 Å². The van der Waals surface area contributed by atoms with Crippen LogP contribution in [0.5, 0.6) is 17.2 Å². The Bertz CT molecular complexity index is 780. The Labute approximate surface area is 173 Å². The molecule has 1 fully saturated rings. The second-order valence-corrected chi connectivity index (χ2v) is 7.09. The van der Waals surface area contributed by atoms with Crippen LogP contribution >= 0.6 is 0 Å². The van der Waals surface area contributed by atoms with Gasteiger partial charge in [0.1, 0.15) is 0 Å². The molecule has 1 aliphatic carbocycles. The van der Waals surface area contributed by atoms with E-state index in [1.54, 1.807) is 33.5 Å². The first kappa shape index (κ1) is 21.0. The number of amides is 1. The van der Waals surface area contributed by atoms with Crippen molar-refractivity contribution in [2.45, 2.75) is 12.8 Å². The van der Waals surface area contributed by atoms with E-state index in [-0.39, 0.29) is 5.91 Å². The number of carbonyl (C=O) groups is 1. The second-order valence-electron chi connectivity index (χ2n) is 7.09. The van der Waals surface area contributed by atoms with Crippen LogP contribution in [-0.4, -0.2) is 69.8 Å². The molecule has 0 spiro atoms. The molecule has 0 aromatic heterocycles. The van der Waals surface area contributed by atoms with Crippen molar-refractivity contribution in [2.75, 3.05) is 54.1 Å². The smallest absolute Gasteiger partial charge is 0.254 e. The van der Waals surface area contributed by atoms with Crippen molar-refractivity contribution in [2.24, 2.45) is 0 Å². The standard InChI is InChI=1S/C23H30N2O4/c1-27-20-16-19(17-21(28-2)22(20)29-3)23(26)25-14-12-24(13-15-25)11-7-10-18-8-5-4-6-9-18/h5,7-10,16-17H,4,6,11-15H2,1-3H3/b10-7+. The van der Waals surface area contributed by atoms with E-state index in [4.69, 9.17) is 14.2 Å². The highest BCUT2D eigenvalue weighted by Crippen LogP contribution is 2.38. The van der Waals surface area contributed by atoms with Crippen LogP contribution in [0.4, 0.5) is 0 Å². The van der Waals surface area contributed by atoms with Crippen LogP contribution in [0.1, 0.15) is 23.2 Å². The number of hydrogen-bond acceptors (Lipinski definition) is 5. The van der Waals surface area contributed by atoms with Gasteiger partial charge in [-0.25, -0.2) is 0 Å². The van der Waals surface area contributed by atoms with Crippen molar-refractivity contribution >= 4 is 5.91 Å². The zero-order chi connectivity index (χ0) is 20.6. The minimum atomic E-state index is -0.0167. The van der Waals surface area contributed by atoms with Gasteiger partial charge >= 0.3 is 0 Å². The van der Waals surface area contributed by atoms with Gasteiger partial charge in [-0.2, -0.15) is 0 Å². The number of methoxy groups -OCH3 is 3. The van der Waals surface area contributed by atoms with Gasteiger partial charge in [-0.05, 0) is 30.5 Å². The predicted molar refractivity (Wildman–Crippen MR) is 114 cm³/mol. The van der Waals surface area contributed by atoms with Crippen LogP contribution < -0.4 is 14.2 Å². The van der Waals surface area contributed by atoms with Crippen LogP contribution in [0.15, 0.2) is 48.1 Å². The maximum absolute atomic E-state index is 13.0. The lowest BCUT2D eigenvalue weighted by Gasteiger charge is -2.34. The summed E-state index contributed by atoms with van der Waals surface area (Å²) in [5.41, 5.74) is 1.83. The lowest BCUT2D eigenvalue weighted by Crippen LogP contribution is -2.48. The Morgan fingerprint density at radius 3 is 2.24 bits per heavy atom. The third kappa shape index (κ3) is 5.21. The van der Waals surface area contributed by atoms with Gasteiger partial charge in [-0.15, -0.1) is 0 Å². The molecule has 1 aromatic rings. The highest BCUT2D eigenvalue weighted by molar-refractivity contribution is 5.95. The van der Waals surface area contributed by atoms with Gasteiger partial charge in [-0.1, -0.05) is 30.4 Å².